The fourth-order valence-electron chi connectivity index (χ4n) is 3.75. The number of anilines is 2. The molecule has 0 aliphatic heterocycles. The number of nitrogens with one attached hydrogen (secondary N) is 1. The molecule has 0 bridgehead atoms. The topological polar surface area (TPSA) is 77.1 Å². The Bertz CT molecular complexity index is 1350. The summed E-state index contributed by atoms with van der Waals surface area (Å²) in [5.41, 5.74) is 12.5. The van der Waals surface area contributed by atoms with Crippen LogP contribution in [0.4, 0.5) is 11.4 Å². The van der Waals surface area contributed by atoms with Gasteiger partial charge in [0.1, 0.15) is 6.54 Å². The van der Waals surface area contributed by atoms with E-state index in [9.17, 15) is 9.59 Å². The molecular weight excluding hydrogens is 386 g/mol. The van der Waals surface area contributed by atoms with Crippen molar-refractivity contribution in [2.75, 3.05) is 11.1 Å². The molecule has 156 valence electrons. The molecule has 4 rings (SSSR count). The van der Waals surface area contributed by atoms with E-state index in [0.717, 1.165) is 27.8 Å². The van der Waals surface area contributed by atoms with E-state index in [-0.39, 0.29) is 17.9 Å². The highest BCUT2D eigenvalue weighted by atomic mass is 16.2. The summed E-state index contributed by atoms with van der Waals surface area (Å²) in [7, 11) is 0. The Morgan fingerprint density at radius 1 is 1.00 bits per heavy atom. The average molecular weight is 412 g/mol. The molecular formula is C26H25N3O2. The summed E-state index contributed by atoms with van der Waals surface area (Å²) in [6, 6.07) is 18.9. The van der Waals surface area contributed by atoms with Gasteiger partial charge in [-0.25, -0.2) is 0 Å². The van der Waals surface area contributed by atoms with Crippen molar-refractivity contribution >= 4 is 28.2 Å². The van der Waals surface area contributed by atoms with Crippen LogP contribution in [0.25, 0.3) is 22.0 Å². The second-order valence-corrected chi connectivity index (χ2v) is 7.90. The van der Waals surface area contributed by atoms with E-state index in [0.29, 0.717) is 22.3 Å². The fourth-order valence-corrected chi connectivity index (χ4v) is 3.75. The van der Waals surface area contributed by atoms with Crippen LogP contribution in [0.15, 0.2) is 71.7 Å². The molecule has 0 spiro atoms. The molecule has 0 aliphatic rings. The first kappa shape index (κ1) is 20.4. The zero-order valence-corrected chi connectivity index (χ0v) is 17.9. The smallest absolute Gasteiger partial charge is 0.244 e. The molecule has 1 aromatic heterocycles. The molecule has 0 aliphatic carbocycles. The number of hydrogen-bond acceptors (Lipinski definition) is 3. The normalized spacial score (nSPS) is 10.9. The third kappa shape index (κ3) is 3.94. The number of fused-ring (bicyclic) bond motifs is 1. The van der Waals surface area contributed by atoms with Gasteiger partial charge in [-0.3, -0.25) is 9.59 Å². The Kier molecular flexibility index (Phi) is 5.34. The largest absolute Gasteiger partial charge is 0.397 e. The monoisotopic (exact) mass is 411 g/mol. The van der Waals surface area contributed by atoms with Gasteiger partial charge in [-0.15, -0.1) is 0 Å². The number of hydrogen-bond donors (Lipinski definition) is 2. The summed E-state index contributed by atoms with van der Waals surface area (Å²) in [5.74, 6) is -0.208. The Morgan fingerprint density at radius 3 is 2.48 bits per heavy atom. The van der Waals surface area contributed by atoms with Crippen LogP contribution in [-0.4, -0.2) is 10.5 Å². The van der Waals surface area contributed by atoms with Crippen LogP contribution >= 0.6 is 0 Å². The van der Waals surface area contributed by atoms with E-state index < -0.39 is 0 Å². The predicted octanol–water partition coefficient (Wildman–Crippen LogP) is 4.81. The van der Waals surface area contributed by atoms with Gasteiger partial charge in [-0.05, 0) is 61.2 Å². The van der Waals surface area contributed by atoms with Crippen LogP contribution in [0.1, 0.15) is 16.7 Å². The molecule has 4 aromatic rings. The molecule has 31 heavy (non-hydrogen) atoms. The van der Waals surface area contributed by atoms with Crippen molar-refractivity contribution in [3.8, 4) is 11.1 Å². The molecule has 1 heterocycles. The molecule has 0 radical (unpaired) electrons. The van der Waals surface area contributed by atoms with Gasteiger partial charge < -0.3 is 15.6 Å². The highest BCUT2D eigenvalue weighted by Gasteiger charge is 2.14. The summed E-state index contributed by atoms with van der Waals surface area (Å²) in [5, 5.41) is 3.51. The minimum atomic E-state index is -0.208. The van der Waals surface area contributed by atoms with Crippen molar-refractivity contribution < 1.29 is 4.79 Å². The molecule has 3 N–H and O–H groups in total. The highest BCUT2D eigenvalue weighted by molar-refractivity contribution is 5.95. The second kappa shape index (κ2) is 8.11. The number of rotatable bonds is 4. The van der Waals surface area contributed by atoms with Crippen LogP contribution in [0, 0.1) is 20.8 Å². The minimum absolute atomic E-state index is 0.0451. The quantitative estimate of drug-likeness (QED) is 0.473. The third-order valence-electron chi connectivity index (χ3n) is 5.70. The second-order valence-electron chi connectivity index (χ2n) is 7.90. The standard InChI is InChI=1S/C26H25N3O2/c1-16-9-11-20-23(13-16)29(14-21(26(20)31)19-7-5-4-6-8-19)15-24(30)28-22-12-10-17(2)18(3)25(22)27/h4-14H,15,27H2,1-3H3,(H,28,30). The van der Waals surface area contributed by atoms with Crippen molar-refractivity contribution in [1.29, 1.82) is 0 Å². The van der Waals surface area contributed by atoms with Gasteiger partial charge in [0.2, 0.25) is 5.91 Å². The van der Waals surface area contributed by atoms with Crippen LogP contribution in [-0.2, 0) is 11.3 Å². The highest BCUT2D eigenvalue weighted by Crippen LogP contribution is 2.25. The number of carbonyl (C=O) groups excluding carboxylic acids is 1. The van der Waals surface area contributed by atoms with Crippen molar-refractivity contribution in [3.63, 3.8) is 0 Å². The molecule has 1 amide bonds. The average Bonchev–Trinajstić information content (AvgIpc) is 2.76. The van der Waals surface area contributed by atoms with E-state index in [2.05, 4.69) is 5.32 Å². The zero-order valence-electron chi connectivity index (χ0n) is 17.9. The van der Waals surface area contributed by atoms with Crippen LogP contribution in [0.3, 0.4) is 0 Å². The minimum Gasteiger partial charge on any atom is -0.397 e. The van der Waals surface area contributed by atoms with E-state index in [1.165, 1.54) is 0 Å². The summed E-state index contributed by atoms with van der Waals surface area (Å²) in [6.45, 7) is 5.95. The number of aromatic nitrogens is 1. The van der Waals surface area contributed by atoms with Crippen LogP contribution < -0.4 is 16.5 Å². The number of pyridine rings is 1. The fraction of sp³-hybridized carbons (Fsp3) is 0.154. The van der Waals surface area contributed by atoms with Gasteiger partial charge in [0.15, 0.2) is 5.43 Å². The van der Waals surface area contributed by atoms with Crippen molar-refractivity contribution in [2.24, 2.45) is 0 Å². The van der Waals surface area contributed by atoms with E-state index in [1.807, 2.05) is 86.0 Å². The lowest BCUT2D eigenvalue weighted by molar-refractivity contribution is -0.116. The Balaban J connectivity index is 1.77. The van der Waals surface area contributed by atoms with Crippen molar-refractivity contribution in [2.45, 2.75) is 27.3 Å². The lowest BCUT2D eigenvalue weighted by Crippen LogP contribution is -2.22. The first-order chi connectivity index (χ1) is 14.8. The van der Waals surface area contributed by atoms with Crippen molar-refractivity contribution in [1.82, 2.24) is 4.57 Å². The molecule has 0 fully saturated rings. The maximum Gasteiger partial charge on any atom is 0.244 e. The van der Waals surface area contributed by atoms with Gasteiger partial charge in [-0.1, -0.05) is 42.5 Å². The predicted molar refractivity (Wildman–Crippen MR) is 127 cm³/mol. The number of nitrogens with zero attached hydrogens (tertiary/aromatic N) is 1. The summed E-state index contributed by atoms with van der Waals surface area (Å²) in [4.78, 5) is 26.1. The third-order valence-corrected chi connectivity index (χ3v) is 5.70. The van der Waals surface area contributed by atoms with Crippen LogP contribution in [0.2, 0.25) is 0 Å². The van der Waals surface area contributed by atoms with Crippen LogP contribution in [0.5, 0.6) is 0 Å². The molecule has 0 unspecified atom stereocenters. The van der Waals surface area contributed by atoms with E-state index in [4.69, 9.17) is 5.73 Å². The molecule has 3 aromatic carbocycles. The SMILES string of the molecule is Cc1ccc2c(=O)c(-c3ccccc3)cn(CC(=O)Nc3ccc(C)c(C)c3N)c2c1. The van der Waals surface area contributed by atoms with Gasteiger partial charge in [0, 0.05) is 17.1 Å². The van der Waals surface area contributed by atoms with Crippen molar-refractivity contribution in [3.05, 3.63) is 93.8 Å². The maximum atomic E-state index is 13.2. The number of carbonyl (C=O) groups is 1. The Hall–Kier alpha value is -3.86. The number of aryl methyl sites for hydroxylation is 2. The first-order valence-electron chi connectivity index (χ1n) is 10.2. The molecule has 0 saturated carbocycles. The van der Waals surface area contributed by atoms with Gasteiger partial charge in [-0.2, -0.15) is 0 Å². The summed E-state index contributed by atoms with van der Waals surface area (Å²) < 4.78 is 1.83. The lowest BCUT2D eigenvalue weighted by Gasteiger charge is -2.16. The Morgan fingerprint density at radius 2 is 1.74 bits per heavy atom. The molecule has 5 heteroatoms. The van der Waals surface area contributed by atoms with Gasteiger partial charge in [0.05, 0.1) is 16.9 Å². The number of benzene rings is 3. The molecule has 5 nitrogen and oxygen atoms in total. The Labute approximate surface area is 181 Å². The molecule has 0 saturated heterocycles. The van der Waals surface area contributed by atoms with Gasteiger partial charge in [0.25, 0.3) is 0 Å². The number of nitrogens with two attached hydrogens (primary N) is 1. The summed E-state index contributed by atoms with van der Waals surface area (Å²) >= 11 is 0. The molecule has 0 atom stereocenters. The number of nitrogen functional groups attached to an aromatic ring is 1. The summed E-state index contributed by atoms with van der Waals surface area (Å²) in [6.07, 6.45) is 1.77. The van der Waals surface area contributed by atoms with Gasteiger partial charge >= 0.3 is 0 Å². The first-order valence-corrected chi connectivity index (χ1v) is 10.2. The number of amides is 1. The maximum absolute atomic E-state index is 13.2. The van der Waals surface area contributed by atoms with E-state index >= 15 is 0 Å². The lowest BCUT2D eigenvalue weighted by atomic mass is 10.0. The zero-order chi connectivity index (χ0) is 22.1. The van der Waals surface area contributed by atoms with E-state index in [1.54, 1.807) is 6.20 Å².